The molecule has 1 aromatic carbocycles. The molecule has 2 heterocycles. The molecule has 1 aromatic rings. The van der Waals surface area contributed by atoms with Crippen LogP contribution in [-0.4, -0.2) is 112 Å². The molecular weight excluding hydrogens is 842 g/mol. The van der Waals surface area contributed by atoms with Crippen molar-refractivity contribution in [1.82, 2.24) is 31.5 Å². The van der Waals surface area contributed by atoms with Crippen molar-refractivity contribution in [2.75, 3.05) is 13.1 Å². The maximum absolute atomic E-state index is 14.1. The molecule has 3 aliphatic rings. The molecule has 1 saturated carbocycles. The number of piperidine rings is 1. The molecular formula is C40H62ClN13O7S. The van der Waals surface area contributed by atoms with E-state index in [0.717, 1.165) is 32.1 Å². The molecule has 3 fully saturated rings. The number of thioether (sulfide) groups is 1. The number of guanidine groups is 2. The van der Waals surface area contributed by atoms with Gasteiger partial charge >= 0.3 is 0 Å². The number of rotatable bonds is 22. The van der Waals surface area contributed by atoms with Gasteiger partial charge in [0, 0.05) is 31.5 Å². The van der Waals surface area contributed by atoms with Gasteiger partial charge in [0.1, 0.15) is 30.2 Å². The van der Waals surface area contributed by atoms with Crippen LogP contribution in [0.3, 0.4) is 0 Å². The van der Waals surface area contributed by atoms with Crippen LogP contribution in [0, 0.1) is 5.92 Å². The number of hydrogen-bond acceptors (Lipinski definition) is 10. The van der Waals surface area contributed by atoms with Gasteiger partial charge in [-0.3, -0.25) is 43.5 Å². The van der Waals surface area contributed by atoms with Crippen LogP contribution >= 0.6 is 23.4 Å². The molecule has 0 spiro atoms. The lowest BCUT2D eigenvalue weighted by Crippen LogP contribution is -2.59. The normalized spacial score (nSPS) is 20.6. The number of nitrogens with zero attached hydrogens (tertiary/aromatic N) is 3. The van der Waals surface area contributed by atoms with E-state index in [4.69, 9.17) is 40.3 Å². The maximum atomic E-state index is 14.1. The Morgan fingerprint density at radius 2 is 1.32 bits per heavy atom. The molecule has 2 saturated heterocycles. The second kappa shape index (κ2) is 24.4. The summed E-state index contributed by atoms with van der Waals surface area (Å²) < 4.78 is 0. The zero-order chi connectivity index (χ0) is 45.3. The van der Waals surface area contributed by atoms with Crippen LogP contribution in [0.1, 0.15) is 96.0 Å². The highest BCUT2D eigenvalue weighted by Gasteiger charge is 2.49. The van der Waals surface area contributed by atoms with Gasteiger partial charge in [-0.05, 0) is 75.0 Å². The van der Waals surface area contributed by atoms with E-state index < -0.39 is 82.3 Å². The fraction of sp³-hybridized carbons (Fsp3) is 0.625. The van der Waals surface area contributed by atoms with Crippen LogP contribution in [-0.2, 0) is 40.0 Å². The molecule has 7 atom stereocenters. The highest BCUT2D eigenvalue weighted by Crippen LogP contribution is 2.39. The quantitative estimate of drug-likeness (QED) is 0.0393. The molecule has 7 amide bonds. The summed E-state index contributed by atoms with van der Waals surface area (Å²) in [4.78, 5) is 104. The summed E-state index contributed by atoms with van der Waals surface area (Å²) in [5.41, 5.74) is 28.2. The van der Waals surface area contributed by atoms with Crippen molar-refractivity contribution in [3.8, 4) is 0 Å². The van der Waals surface area contributed by atoms with E-state index in [-0.39, 0.29) is 56.6 Å². The van der Waals surface area contributed by atoms with Crippen LogP contribution in [0.5, 0.6) is 0 Å². The first-order valence-corrected chi connectivity index (χ1v) is 22.4. The average molecular weight is 905 g/mol. The van der Waals surface area contributed by atoms with Crippen LogP contribution in [0.2, 0.25) is 5.02 Å². The van der Waals surface area contributed by atoms with Gasteiger partial charge < -0.3 is 60.2 Å². The summed E-state index contributed by atoms with van der Waals surface area (Å²) in [6.07, 6.45) is 7.68. The Morgan fingerprint density at radius 3 is 1.89 bits per heavy atom. The van der Waals surface area contributed by atoms with Gasteiger partial charge in [0.2, 0.25) is 35.4 Å². The topological polar surface area (TPSA) is 338 Å². The number of halogens is 1. The van der Waals surface area contributed by atoms with Crippen molar-refractivity contribution in [3.05, 3.63) is 34.9 Å². The van der Waals surface area contributed by atoms with Crippen LogP contribution in [0.25, 0.3) is 0 Å². The Labute approximate surface area is 370 Å². The van der Waals surface area contributed by atoms with Crippen molar-refractivity contribution in [2.24, 2.45) is 44.6 Å². The largest absolute Gasteiger partial charge is 0.370 e. The van der Waals surface area contributed by atoms with Crippen molar-refractivity contribution < 1.29 is 33.6 Å². The molecule has 1 aliphatic carbocycles. The van der Waals surface area contributed by atoms with Gasteiger partial charge in [-0.15, -0.1) is 11.8 Å². The Hall–Kier alpha value is -5.31. The van der Waals surface area contributed by atoms with Gasteiger partial charge in [-0.2, -0.15) is 0 Å². The smallest absolute Gasteiger partial charge is 0.257 e. The summed E-state index contributed by atoms with van der Waals surface area (Å²) in [5.74, 6) is -4.13. The first kappa shape index (κ1) is 49.3. The molecule has 0 radical (unpaired) electrons. The highest BCUT2D eigenvalue weighted by molar-refractivity contribution is 8.01. The average Bonchev–Trinajstić information content (AvgIpc) is 3.54. The molecule has 22 heteroatoms. The Kier molecular flexibility index (Phi) is 19.4. The van der Waals surface area contributed by atoms with Crippen molar-refractivity contribution >= 4 is 76.6 Å². The molecule has 342 valence electrons. The molecule has 62 heavy (non-hydrogen) atoms. The van der Waals surface area contributed by atoms with Gasteiger partial charge in [0.05, 0.1) is 5.37 Å². The first-order chi connectivity index (χ1) is 29.5. The summed E-state index contributed by atoms with van der Waals surface area (Å²) in [6, 6.07) is 1.51. The Balaban J connectivity index is 1.47. The highest BCUT2D eigenvalue weighted by atomic mass is 35.5. The monoisotopic (exact) mass is 903 g/mol. The van der Waals surface area contributed by atoms with Crippen LogP contribution in [0.15, 0.2) is 34.3 Å². The summed E-state index contributed by atoms with van der Waals surface area (Å²) >= 11 is 7.21. The predicted molar refractivity (Wildman–Crippen MR) is 237 cm³/mol. The fourth-order valence-corrected chi connectivity index (χ4v) is 9.54. The number of primary amides is 1. The van der Waals surface area contributed by atoms with E-state index in [9.17, 15) is 33.6 Å². The standard InChI is InChI=1S/C40H62ClN13O7S/c1-22(55)49-26(10-6-18-47-39(43)44)33(57)52-29(21-23-8-3-2-4-9-23)35(59)53-37-38(61)54-30(12-5-13-31(54)62-37)36(60)50-27(11-7-19-48-40(45)46)34(58)51-28(32(42)56)20-24-14-16-25(41)17-15-24/h14-17,23,26-31,37H,2-13,18-21H2,1H3,(H2,42,56)(H,49,55)(H,50,60)(H,51,58)(H,52,57)(H,53,59)(H4,43,44,47)(H4,45,46,48)/t26-,27+,28?,29-,30-,31-,37?/m0/s1. The zero-order valence-corrected chi connectivity index (χ0v) is 36.7. The third-order valence-electron chi connectivity index (χ3n) is 11.1. The minimum atomic E-state index is -1.15. The summed E-state index contributed by atoms with van der Waals surface area (Å²) in [5, 5.41) is 12.8. The predicted octanol–water partition coefficient (Wildman–Crippen LogP) is -0.699. The molecule has 2 aliphatic heterocycles. The maximum Gasteiger partial charge on any atom is 0.257 e. The molecule has 0 bridgehead atoms. The van der Waals surface area contributed by atoms with E-state index in [1.165, 1.54) is 23.6 Å². The molecule has 2 unspecified atom stereocenters. The van der Waals surface area contributed by atoms with Crippen molar-refractivity contribution in [3.63, 3.8) is 0 Å². The van der Waals surface area contributed by atoms with Crippen LogP contribution in [0.4, 0.5) is 0 Å². The SMILES string of the molecule is CC(=O)N[C@@H](CCCN=C(N)N)C(=O)N[C@@H](CC1CCCCC1)C(=O)NC1S[C@H]2CCC[C@@H](C(=O)N[C@H](CCCN=C(N)N)C(=O)NC(Cc3ccc(Cl)cc3)C(N)=O)N2C1=O. The number of amides is 7. The van der Waals surface area contributed by atoms with Gasteiger partial charge in [-0.25, -0.2) is 0 Å². The van der Waals surface area contributed by atoms with E-state index in [1.807, 2.05) is 0 Å². The number of aliphatic imine (C=N–C) groups is 2. The van der Waals surface area contributed by atoms with Crippen molar-refractivity contribution in [1.29, 1.82) is 0 Å². The van der Waals surface area contributed by atoms with E-state index in [2.05, 4.69) is 36.6 Å². The zero-order valence-electron chi connectivity index (χ0n) is 35.1. The van der Waals surface area contributed by atoms with Crippen LogP contribution < -0.4 is 55.3 Å². The molecule has 20 nitrogen and oxygen atoms in total. The Morgan fingerprint density at radius 1 is 0.742 bits per heavy atom. The summed E-state index contributed by atoms with van der Waals surface area (Å²) in [6.45, 7) is 1.70. The first-order valence-electron chi connectivity index (χ1n) is 21.1. The third kappa shape index (κ3) is 15.5. The van der Waals surface area contributed by atoms with E-state index >= 15 is 0 Å². The van der Waals surface area contributed by atoms with E-state index in [0.29, 0.717) is 42.7 Å². The number of hydrogen-bond donors (Lipinski definition) is 10. The molecule has 0 aromatic heterocycles. The number of carbonyl (C=O) groups excluding carboxylic acids is 7. The fourth-order valence-electron chi connectivity index (χ4n) is 8.00. The number of benzene rings is 1. The minimum absolute atomic E-state index is 0.0750. The number of nitrogens with one attached hydrogen (secondary N) is 5. The lowest BCUT2D eigenvalue weighted by Gasteiger charge is -2.36. The number of carbonyl (C=O) groups is 7. The molecule has 4 rings (SSSR count). The van der Waals surface area contributed by atoms with Crippen molar-refractivity contribution in [2.45, 2.75) is 138 Å². The minimum Gasteiger partial charge on any atom is -0.370 e. The van der Waals surface area contributed by atoms with Gasteiger partial charge in [0.15, 0.2) is 17.3 Å². The van der Waals surface area contributed by atoms with Gasteiger partial charge in [-0.1, -0.05) is 55.8 Å². The second-order valence-corrected chi connectivity index (χ2v) is 17.7. The Bertz CT molecular complexity index is 1810. The lowest BCUT2D eigenvalue weighted by molar-refractivity contribution is -0.143. The van der Waals surface area contributed by atoms with E-state index in [1.54, 1.807) is 24.3 Å². The summed E-state index contributed by atoms with van der Waals surface area (Å²) in [7, 11) is 0. The lowest BCUT2D eigenvalue weighted by atomic mass is 9.84. The second-order valence-electron chi connectivity index (χ2n) is 16.0. The molecule has 15 N–H and O–H groups in total. The number of nitrogens with two attached hydrogens (primary N) is 5. The third-order valence-corrected chi connectivity index (χ3v) is 12.7. The van der Waals surface area contributed by atoms with Gasteiger partial charge in [0.25, 0.3) is 5.91 Å². The number of fused-ring (bicyclic) bond motifs is 1.